The highest BCUT2D eigenvalue weighted by Crippen LogP contribution is 2.34. The quantitative estimate of drug-likeness (QED) is 0.149. The van der Waals surface area contributed by atoms with Crippen LogP contribution in [0.3, 0.4) is 0 Å². The van der Waals surface area contributed by atoms with Crippen LogP contribution < -0.4 is 17.2 Å². The molecule has 35 heavy (non-hydrogen) atoms. The summed E-state index contributed by atoms with van der Waals surface area (Å²) in [5, 5.41) is 79.2. The predicted octanol–water partition coefficient (Wildman–Crippen LogP) is -7.38. The number of rotatable bonds is 7. The van der Waals surface area contributed by atoms with Gasteiger partial charge in [0.1, 0.15) is 54.9 Å². The van der Waals surface area contributed by atoms with Gasteiger partial charge in [0.2, 0.25) is 0 Å². The van der Waals surface area contributed by atoms with E-state index in [1.165, 1.54) is 0 Å². The van der Waals surface area contributed by atoms with Gasteiger partial charge < -0.3 is 81.7 Å². The summed E-state index contributed by atoms with van der Waals surface area (Å²) in [6, 6.07) is -4.73. The number of alkyl halides is 1. The van der Waals surface area contributed by atoms with E-state index in [4.69, 9.17) is 40.9 Å². The van der Waals surface area contributed by atoms with Crippen molar-refractivity contribution in [3.05, 3.63) is 0 Å². The molecule has 3 saturated heterocycles. The number of nitrogens with two attached hydrogens (primary N) is 3. The van der Waals surface area contributed by atoms with E-state index in [1.54, 1.807) is 0 Å². The van der Waals surface area contributed by atoms with E-state index in [2.05, 4.69) is 0 Å². The molecular weight excluding hydrogens is 485 g/mol. The molecule has 0 bridgehead atoms. The Hall–Kier alpha value is -0.710. The lowest BCUT2D eigenvalue weighted by molar-refractivity contribution is -0.366. The van der Waals surface area contributed by atoms with Crippen molar-refractivity contribution in [2.45, 2.75) is 91.7 Å². The average Bonchev–Trinajstić information content (AvgIpc) is 2.83. The van der Waals surface area contributed by atoms with Gasteiger partial charge in [0, 0.05) is 0 Å². The summed E-state index contributed by atoms with van der Waals surface area (Å²) in [5.41, 5.74) is 17.3. The van der Waals surface area contributed by atoms with Crippen molar-refractivity contribution < 1.29 is 68.9 Å². The average molecular weight is 519 g/mol. The molecule has 0 aromatic heterocycles. The maximum Gasteiger partial charge on any atom is 0.255 e. The summed E-state index contributed by atoms with van der Waals surface area (Å²) in [6.07, 6.45) is -17.5. The van der Waals surface area contributed by atoms with E-state index >= 15 is 0 Å². The van der Waals surface area contributed by atoms with Crippen LogP contribution in [0.25, 0.3) is 0 Å². The molecule has 15 atom stereocenters. The highest BCUT2D eigenvalue weighted by Gasteiger charge is 2.57. The van der Waals surface area contributed by atoms with Gasteiger partial charge in [-0.05, 0) is 0 Å². The minimum absolute atomic E-state index is 0.688. The van der Waals surface area contributed by atoms with E-state index in [0.717, 1.165) is 0 Å². The Labute approximate surface area is 198 Å². The van der Waals surface area contributed by atoms with Crippen molar-refractivity contribution in [2.75, 3.05) is 19.8 Å². The zero-order valence-electron chi connectivity index (χ0n) is 18.4. The Balaban J connectivity index is 1.74. The number of halogens is 1. The van der Waals surface area contributed by atoms with Crippen molar-refractivity contribution in [1.29, 1.82) is 0 Å². The molecule has 3 aliphatic rings. The number of ether oxygens (including phenoxy) is 5. The van der Waals surface area contributed by atoms with Crippen LogP contribution in [0, 0.1) is 0 Å². The molecule has 16 nitrogen and oxygen atoms in total. The molecular formula is C18H34FN3O13. The second-order valence-corrected chi connectivity index (χ2v) is 8.73. The van der Waals surface area contributed by atoms with Crippen LogP contribution in [0.1, 0.15) is 0 Å². The third kappa shape index (κ3) is 5.46. The molecule has 0 spiro atoms. The number of hydrogen-bond acceptors (Lipinski definition) is 16. The summed E-state index contributed by atoms with van der Waals surface area (Å²) in [6.45, 7) is -2.39. The first-order valence-corrected chi connectivity index (χ1v) is 10.9. The first-order chi connectivity index (χ1) is 16.4. The van der Waals surface area contributed by atoms with Gasteiger partial charge in [0.15, 0.2) is 18.9 Å². The first kappa shape index (κ1) is 28.9. The zero-order valence-corrected chi connectivity index (χ0v) is 18.4. The van der Waals surface area contributed by atoms with Gasteiger partial charge in [-0.3, -0.25) is 0 Å². The summed E-state index contributed by atoms with van der Waals surface area (Å²) >= 11 is 0. The van der Waals surface area contributed by atoms with Crippen LogP contribution in [0.5, 0.6) is 0 Å². The SMILES string of the molecule is N[C@H]1[C@H](OC2[C@@H](CO)O[C@@H](O)[C@H](N)[C@H]2O)O[C@H](CO)C(O[C@@H]2O[C@H](CO)[C@H](O)[C@](O)(F)[C@@H]2N)[C@@H]1O. The van der Waals surface area contributed by atoms with Crippen LogP contribution in [0.15, 0.2) is 0 Å². The molecule has 206 valence electrons. The Morgan fingerprint density at radius 2 is 1.17 bits per heavy atom. The molecule has 3 heterocycles. The van der Waals surface area contributed by atoms with E-state index in [1.807, 2.05) is 0 Å². The van der Waals surface area contributed by atoms with Gasteiger partial charge in [-0.2, -0.15) is 0 Å². The van der Waals surface area contributed by atoms with Gasteiger partial charge in [0.25, 0.3) is 5.85 Å². The van der Waals surface area contributed by atoms with Gasteiger partial charge in [-0.25, -0.2) is 4.39 Å². The molecule has 2 unspecified atom stereocenters. The van der Waals surface area contributed by atoms with Gasteiger partial charge >= 0.3 is 0 Å². The summed E-state index contributed by atoms with van der Waals surface area (Å²) in [4.78, 5) is 0. The van der Waals surface area contributed by atoms with Crippen molar-refractivity contribution in [1.82, 2.24) is 0 Å². The van der Waals surface area contributed by atoms with E-state index in [-0.39, 0.29) is 0 Å². The standard InChI is InChI=1S/C18H34FN3O13/c19-18(30)13(22)17(33-6(3-25)14(18)28)35-12-5(2-24)32-16(8(21)10(12)27)34-11-4(1-23)31-15(29)7(20)9(11)26/h4-17,23-30H,1-3,20-22H2/t4-,5-,6-,7-,8-,9-,10-,11?,12?,13-,14+,15-,16+,17+,18+/m1/s1. The molecule has 0 radical (unpaired) electrons. The fraction of sp³-hybridized carbons (Fsp3) is 1.00. The molecule has 14 N–H and O–H groups in total. The Bertz CT molecular complexity index is 694. The maximum atomic E-state index is 14.6. The summed E-state index contributed by atoms with van der Waals surface area (Å²) in [5.74, 6) is -3.43. The van der Waals surface area contributed by atoms with Crippen molar-refractivity contribution in [3.63, 3.8) is 0 Å². The van der Waals surface area contributed by atoms with Crippen molar-refractivity contribution in [2.24, 2.45) is 17.2 Å². The zero-order chi connectivity index (χ0) is 26.2. The van der Waals surface area contributed by atoms with Crippen LogP contribution >= 0.6 is 0 Å². The fourth-order valence-corrected chi connectivity index (χ4v) is 4.20. The van der Waals surface area contributed by atoms with Crippen LogP contribution in [0.2, 0.25) is 0 Å². The van der Waals surface area contributed by atoms with Gasteiger partial charge in [-0.1, -0.05) is 0 Å². The largest absolute Gasteiger partial charge is 0.394 e. The Morgan fingerprint density at radius 1 is 0.714 bits per heavy atom. The third-order valence-electron chi connectivity index (χ3n) is 6.42. The van der Waals surface area contributed by atoms with Gasteiger partial charge in [0.05, 0.1) is 31.9 Å². The molecule has 0 saturated carbocycles. The Morgan fingerprint density at radius 3 is 1.71 bits per heavy atom. The molecule has 0 aromatic rings. The van der Waals surface area contributed by atoms with Crippen LogP contribution in [0.4, 0.5) is 4.39 Å². The molecule has 0 aromatic carbocycles. The number of aliphatic hydroxyl groups is 8. The highest BCUT2D eigenvalue weighted by atomic mass is 19.2. The maximum absolute atomic E-state index is 14.6. The molecule has 17 heteroatoms. The van der Waals surface area contributed by atoms with E-state index in [0.29, 0.717) is 0 Å². The molecule has 3 rings (SSSR count). The summed E-state index contributed by atoms with van der Waals surface area (Å²) < 4.78 is 41.5. The predicted molar refractivity (Wildman–Crippen MR) is 107 cm³/mol. The smallest absolute Gasteiger partial charge is 0.255 e. The van der Waals surface area contributed by atoms with Crippen LogP contribution in [-0.2, 0) is 23.7 Å². The normalized spacial score (nSPS) is 53.5. The lowest BCUT2D eigenvalue weighted by Gasteiger charge is -2.49. The second kappa shape index (κ2) is 11.4. The lowest BCUT2D eigenvalue weighted by atomic mass is 9.93. The second-order valence-electron chi connectivity index (χ2n) is 8.73. The van der Waals surface area contributed by atoms with Crippen LogP contribution in [-0.4, -0.2) is 152 Å². The molecule has 0 aliphatic carbocycles. The molecule has 3 fully saturated rings. The molecule has 0 amide bonds. The first-order valence-electron chi connectivity index (χ1n) is 10.9. The fourth-order valence-electron chi connectivity index (χ4n) is 4.20. The monoisotopic (exact) mass is 519 g/mol. The highest BCUT2D eigenvalue weighted by molar-refractivity contribution is 5.00. The Kier molecular flexibility index (Phi) is 9.36. The van der Waals surface area contributed by atoms with Gasteiger partial charge in [-0.15, -0.1) is 0 Å². The van der Waals surface area contributed by atoms with Crippen molar-refractivity contribution >= 4 is 0 Å². The third-order valence-corrected chi connectivity index (χ3v) is 6.42. The topological polar surface area (TPSA) is 286 Å². The number of aliphatic hydroxyl groups excluding tert-OH is 7. The minimum atomic E-state index is -3.43. The minimum Gasteiger partial charge on any atom is -0.394 e. The van der Waals surface area contributed by atoms with Crippen molar-refractivity contribution in [3.8, 4) is 0 Å². The summed E-state index contributed by atoms with van der Waals surface area (Å²) in [7, 11) is 0. The van der Waals surface area contributed by atoms with E-state index < -0.39 is 112 Å². The number of hydrogen-bond donors (Lipinski definition) is 11. The molecule has 3 aliphatic heterocycles. The van der Waals surface area contributed by atoms with E-state index in [9.17, 15) is 45.2 Å². The lowest BCUT2D eigenvalue weighted by Crippen LogP contribution is -2.71.